The highest BCUT2D eigenvalue weighted by Gasteiger charge is 2.08. The van der Waals surface area contributed by atoms with Crippen LogP contribution in [-0.4, -0.2) is 38.5 Å². The Bertz CT molecular complexity index is 1190. The molecule has 2 aromatic heterocycles. The third-order valence-electron chi connectivity index (χ3n) is 4.71. The predicted octanol–water partition coefficient (Wildman–Crippen LogP) is 3.91. The number of benzene rings is 2. The Morgan fingerprint density at radius 2 is 1.72 bits per heavy atom. The highest BCUT2D eigenvalue weighted by Crippen LogP contribution is 2.21. The minimum atomic E-state index is -0.147. The molecule has 0 saturated heterocycles. The van der Waals surface area contributed by atoms with E-state index in [1.54, 1.807) is 30.5 Å². The first-order chi connectivity index (χ1) is 15.6. The monoisotopic (exact) mass is 428 g/mol. The fraction of sp³-hybridized carbons (Fsp3) is 0.167. The Kier molecular flexibility index (Phi) is 6.41. The Morgan fingerprint density at radius 3 is 2.44 bits per heavy atom. The fourth-order valence-corrected chi connectivity index (χ4v) is 3.15. The molecule has 0 atom stereocenters. The summed E-state index contributed by atoms with van der Waals surface area (Å²) in [5.74, 6) is 4.22. The molecule has 0 aliphatic heterocycles. The number of para-hydroxylation sites is 1. The average Bonchev–Trinajstić information content (AvgIpc) is 3.23. The van der Waals surface area contributed by atoms with Crippen LogP contribution in [0.4, 0.5) is 5.82 Å². The summed E-state index contributed by atoms with van der Waals surface area (Å²) in [5.41, 5.74) is 0.571. The summed E-state index contributed by atoms with van der Waals surface area (Å²) in [4.78, 5) is 25.5. The van der Waals surface area contributed by atoms with Crippen LogP contribution in [-0.2, 0) is 0 Å². The predicted molar refractivity (Wildman–Crippen MR) is 122 cm³/mol. The largest absolute Gasteiger partial charge is 0.457 e. The maximum Gasteiger partial charge on any atom is 0.251 e. The zero-order chi connectivity index (χ0) is 22.3. The summed E-state index contributed by atoms with van der Waals surface area (Å²) in [5, 5.41) is 6.13. The highest BCUT2D eigenvalue weighted by atomic mass is 16.5. The molecule has 0 spiro atoms. The Morgan fingerprint density at radius 1 is 0.969 bits per heavy atom. The van der Waals surface area contributed by atoms with Crippen LogP contribution in [0.25, 0.3) is 5.82 Å². The Balaban J connectivity index is 1.28. The molecule has 4 aromatic rings. The van der Waals surface area contributed by atoms with E-state index in [1.165, 1.54) is 0 Å². The van der Waals surface area contributed by atoms with Crippen LogP contribution in [0.5, 0.6) is 11.5 Å². The van der Waals surface area contributed by atoms with Gasteiger partial charge in [0.15, 0.2) is 0 Å². The number of carbonyl (C=O) groups is 1. The van der Waals surface area contributed by atoms with Crippen LogP contribution >= 0.6 is 0 Å². The first kappa shape index (κ1) is 21.0. The quantitative estimate of drug-likeness (QED) is 0.413. The lowest BCUT2D eigenvalue weighted by molar-refractivity contribution is 0.0955. The number of hydrogen-bond acceptors (Lipinski definition) is 6. The first-order valence-corrected chi connectivity index (χ1v) is 10.3. The van der Waals surface area contributed by atoms with Gasteiger partial charge in [0.25, 0.3) is 5.91 Å². The van der Waals surface area contributed by atoms with E-state index in [1.807, 2.05) is 61.0 Å². The smallest absolute Gasteiger partial charge is 0.251 e. The van der Waals surface area contributed by atoms with Crippen LogP contribution in [0.15, 0.2) is 73.1 Å². The van der Waals surface area contributed by atoms with Crippen LogP contribution < -0.4 is 15.4 Å². The van der Waals surface area contributed by atoms with E-state index in [0.717, 1.165) is 17.4 Å². The van der Waals surface area contributed by atoms with E-state index in [9.17, 15) is 4.79 Å². The Labute approximate surface area is 186 Å². The second-order valence-electron chi connectivity index (χ2n) is 7.13. The average molecular weight is 428 g/mol. The zero-order valence-electron chi connectivity index (χ0n) is 17.9. The normalized spacial score (nSPS) is 10.6. The van der Waals surface area contributed by atoms with Crippen LogP contribution in [0, 0.1) is 13.8 Å². The first-order valence-electron chi connectivity index (χ1n) is 10.3. The van der Waals surface area contributed by atoms with Gasteiger partial charge in [-0.05, 0) is 50.2 Å². The molecule has 1 amide bonds. The molecular weight excluding hydrogens is 404 g/mol. The number of carbonyl (C=O) groups excluding carboxylic acids is 1. The number of anilines is 1. The van der Waals surface area contributed by atoms with Crippen molar-refractivity contribution < 1.29 is 9.53 Å². The van der Waals surface area contributed by atoms with Gasteiger partial charge in [-0.2, -0.15) is 0 Å². The van der Waals surface area contributed by atoms with E-state index in [0.29, 0.717) is 36.0 Å². The summed E-state index contributed by atoms with van der Waals surface area (Å²) in [6.45, 7) is 4.73. The number of aryl methyl sites for hydroxylation is 2. The van der Waals surface area contributed by atoms with Crippen molar-refractivity contribution in [2.45, 2.75) is 13.8 Å². The van der Waals surface area contributed by atoms with E-state index in [-0.39, 0.29) is 5.91 Å². The molecule has 2 heterocycles. The molecule has 8 nitrogen and oxygen atoms in total. The van der Waals surface area contributed by atoms with Crippen molar-refractivity contribution in [1.82, 2.24) is 24.8 Å². The van der Waals surface area contributed by atoms with E-state index in [2.05, 4.69) is 25.6 Å². The third kappa shape index (κ3) is 5.28. The lowest BCUT2D eigenvalue weighted by Crippen LogP contribution is -2.28. The fourth-order valence-electron chi connectivity index (χ4n) is 3.15. The number of ether oxygens (including phenoxy) is 1. The molecule has 4 rings (SSSR count). The molecule has 32 heavy (non-hydrogen) atoms. The molecule has 0 radical (unpaired) electrons. The maximum absolute atomic E-state index is 12.4. The summed E-state index contributed by atoms with van der Waals surface area (Å²) in [6, 6.07) is 18.4. The van der Waals surface area contributed by atoms with Crippen molar-refractivity contribution in [3.8, 4) is 17.3 Å². The highest BCUT2D eigenvalue weighted by molar-refractivity contribution is 5.94. The van der Waals surface area contributed by atoms with E-state index >= 15 is 0 Å². The van der Waals surface area contributed by atoms with Crippen LogP contribution in [0.3, 0.4) is 0 Å². The second-order valence-corrected chi connectivity index (χ2v) is 7.13. The molecule has 0 aliphatic rings. The molecule has 8 heteroatoms. The van der Waals surface area contributed by atoms with E-state index in [4.69, 9.17) is 4.74 Å². The standard InChI is InChI=1S/C24H24N6O2/c1-17-28-22(16-23(29-17)30-15-14-25-18(30)2)26-12-13-27-24(31)19-8-10-21(11-9-19)32-20-6-4-3-5-7-20/h3-11,14-16H,12-13H2,1-2H3,(H,27,31)(H,26,28,29). The SMILES string of the molecule is Cc1nc(NCCNC(=O)c2ccc(Oc3ccccc3)cc2)cc(-n2ccnc2C)n1. The van der Waals surface area contributed by atoms with Gasteiger partial charge in [-0.15, -0.1) is 0 Å². The molecule has 2 N–H and O–H groups in total. The van der Waals surface area contributed by atoms with Crippen molar-refractivity contribution in [3.63, 3.8) is 0 Å². The third-order valence-corrected chi connectivity index (χ3v) is 4.71. The molecule has 2 aromatic carbocycles. The van der Waals surface area contributed by atoms with E-state index < -0.39 is 0 Å². The van der Waals surface area contributed by atoms with Crippen molar-refractivity contribution in [2.24, 2.45) is 0 Å². The van der Waals surface area contributed by atoms with Crippen molar-refractivity contribution in [2.75, 3.05) is 18.4 Å². The van der Waals surface area contributed by atoms with Gasteiger partial charge in [0, 0.05) is 37.1 Å². The number of imidazole rings is 1. The number of amides is 1. The Hall–Kier alpha value is -4.20. The van der Waals surface area contributed by atoms with Gasteiger partial charge >= 0.3 is 0 Å². The molecule has 0 unspecified atom stereocenters. The molecule has 0 saturated carbocycles. The van der Waals surface area contributed by atoms with Gasteiger partial charge in [-0.1, -0.05) is 18.2 Å². The summed E-state index contributed by atoms with van der Waals surface area (Å²) >= 11 is 0. The van der Waals surface area contributed by atoms with Crippen LogP contribution in [0.1, 0.15) is 22.0 Å². The summed E-state index contributed by atoms with van der Waals surface area (Å²) in [7, 11) is 0. The molecular formula is C24H24N6O2. The minimum Gasteiger partial charge on any atom is -0.457 e. The van der Waals surface area contributed by atoms with Gasteiger partial charge in [0.05, 0.1) is 0 Å². The molecule has 0 fully saturated rings. The van der Waals surface area contributed by atoms with Gasteiger partial charge < -0.3 is 15.4 Å². The van der Waals surface area contributed by atoms with Crippen molar-refractivity contribution >= 4 is 11.7 Å². The molecule has 0 aliphatic carbocycles. The van der Waals surface area contributed by atoms with Crippen molar-refractivity contribution in [3.05, 3.63) is 90.3 Å². The van der Waals surface area contributed by atoms with Gasteiger partial charge in [0.1, 0.15) is 34.8 Å². The van der Waals surface area contributed by atoms with Crippen molar-refractivity contribution in [1.29, 1.82) is 0 Å². The number of nitrogens with one attached hydrogen (secondary N) is 2. The molecule has 0 bridgehead atoms. The lowest BCUT2D eigenvalue weighted by atomic mass is 10.2. The topological polar surface area (TPSA) is 94.0 Å². The number of hydrogen-bond donors (Lipinski definition) is 2. The van der Waals surface area contributed by atoms with Gasteiger partial charge in [-0.25, -0.2) is 15.0 Å². The maximum atomic E-state index is 12.4. The lowest BCUT2D eigenvalue weighted by Gasteiger charge is -2.11. The number of rotatable bonds is 8. The number of aromatic nitrogens is 4. The number of nitrogens with zero attached hydrogens (tertiary/aromatic N) is 4. The van der Waals surface area contributed by atoms with Gasteiger partial charge in [-0.3, -0.25) is 9.36 Å². The van der Waals surface area contributed by atoms with Crippen LogP contribution in [0.2, 0.25) is 0 Å². The van der Waals surface area contributed by atoms with Gasteiger partial charge in [0.2, 0.25) is 0 Å². The molecule has 162 valence electrons. The summed E-state index contributed by atoms with van der Waals surface area (Å²) in [6.07, 6.45) is 3.59. The minimum absolute atomic E-state index is 0.147. The summed E-state index contributed by atoms with van der Waals surface area (Å²) < 4.78 is 7.65. The zero-order valence-corrected chi connectivity index (χ0v) is 17.9. The second kappa shape index (κ2) is 9.74.